The summed E-state index contributed by atoms with van der Waals surface area (Å²) in [6.45, 7) is 3.50. The van der Waals surface area contributed by atoms with E-state index in [9.17, 15) is 0 Å². The predicted octanol–water partition coefficient (Wildman–Crippen LogP) is 2.71. The van der Waals surface area contributed by atoms with Gasteiger partial charge in [0.25, 0.3) is 0 Å². The van der Waals surface area contributed by atoms with Gasteiger partial charge in [-0.15, -0.1) is 0 Å². The SMILES string of the molecule is CC[C@@H]1Cc2ccccc2N(C)C1. The van der Waals surface area contributed by atoms with E-state index in [-0.39, 0.29) is 0 Å². The minimum absolute atomic E-state index is 0.847. The van der Waals surface area contributed by atoms with E-state index in [2.05, 4.69) is 43.1 Å². The highest BCUT2D eigenvalue weighted by Gasteiger charge is 2.19. The highest BCUT2D eigenvalue weighted by molar-refractivity contribution is 5.55. The summed E-state index contributed by atoms with van der Waals surface area (Å²) in [6, 6.07) is 8.75. The van der Waals surface area contributed by atoms with E-state index in [4.69, 9.17) is 0 Å². The van der Waals surface area contributed by atoms with Gasteiger partial charge >= 0.3 is 0 Å². The first-order chi connectivity index (χ1) is 6.31. The Labute approximate surface area is 80.4 Å². The molecule has 0 bridgehead atoms. The first kappa shape index (κ1) is 8.61. The summed E-state index contributed by atoms with van der Waals surface area (Å²) in [6.07, 6.45) is 2.55. The van der Waals surface area contributed by atoms with Crippen molar-refractivity contribution in [3.8, 4) is 0 Å². The summed E-state index contributed by atoms with van der Waals surface area (Å²) in [7, 11) is 2.20. The molecule has 0 spiro atoms. The minimum Gasteiger partial charge on any atom is -0.374 e. The highest BCUT2D eigenvalue weighted by Crippen LogP contribution is 2.29. The lowest BCUT2D eigenvalue weighted by molar-refractivity contribution is 0.489. The van der Waals surface area contributed by atoms with Crippen LogP contribution in [0.4, 0.5) is 5.69 Å². The first-order valence-corrected chi connectivity index (χ1v) is 5.10. The van der Waals surface area contributed by atoms with Crippen molar-refractivity contribution in [3.05, 3.63) is 29.8 Å². The average Bonchev–Trinajstić information content (AvgIpc) is 2.18. The van der Waals surface area contributed by atoms with E-state index in [1.54, 1.807) is 0 Å². The molecular weight excluding hydrogens is 158 g/mol. The van der Waals surface area contributed by atoms with Crippen molar-refractivity contribution in [2.45, 2.75) is 19.8 Å². The molecule has 1 aliphatic heterocycles. The third-order valence-electron chi connectivity index (χ3n) is 3.02. The van der Waals surface area contributed by atoms with Crippen LogP contribution in [0.3, 0.4) is 0 Å². The van der Waals surface area contributed by atoms with E-state index < -0.39 is 0 Å². The smallest absolute Gasteiger partial charge is 0.0396 e. The van der Waals surface area contributed by atoms with Gasteiger partial charge in [0.2, 0.25) is 0 Å². The van der Waals surface area contributed by atoms with Gasteiger partial charge in [-0.2, -0.15) is 0 Å². The highest BCUT2D eigenvalue weighted by atomic mass is 15.1. The summed E-state index contributed by atoms with van der Waals surface area (Å²) in [5.41, 5.74) is 2.94. The standard InChI is InChI=1S/C12H17N/c1-3-10-8-11-6-4-5-7-12(11)13(2)9-10/h4-7,10H,3,8-9H2,1-2H3/t10-/m1/s1. The topological polar surface area (TPSA) is 3.24 Å². The third-order valence-corrected chi connectivity index (χ3v) is 3.02. The number of para-hydroxylation sites is 1. The Kier molecular flexibility index (Phi) is 2.26. The Balaban J connectivity index is 2.31. The van der Waals surface area contributed by atoms with Crippen LogP contribution < -0.4 is 4.90 Å². The van der Waals surface area contributed by atoms with E-state index in [1.165, 1.54) is 30.6 Å². The second-order valence-corrected chi connectivity index (χ2v) is 3.99. The van der Waals surface area contributed by atoms with Crippen molar-refractivity contribution in [1.82, 2.24) is 0 Å². The van der Waals surface area contributed by atoms with Gasteiger partial charge in [-0.25, -0.2) is 0 Å². The van der Waals surface area contributed by atoms with Gasteiger partial charge in [0.1, 0.15) is 0 Å². The molecule has 1 aliphatic rings. The number of fused-ring (bicyclic) bond motifs is 1. The largest absolute Gasteiger partial charge is 0.374 e. The first-order valence-electron chi connectivity index (χ1n) is 5.10. The van der Waals surface area contributed by atoms with Gasteiger partial charge in [0.05, 0.1) is 0 Å². The molecule has 0 aliphatic carbocycles. The number of anilines is 1. The Bertz CT molecular complexity index is 293. The minimum atomic E-state index is 0.847. The molecule has 0 saturated heterocycles. The van der Waals surface area contributed by atoms with E-state index in [0.717, 1.165) is 5.92 Å². The zero-order valence-corrected chi connectivity index (χ0v) is 8.46. The van der Waals surface area contributed by atoms with Crippen LogP contribution >= 0.6 is 0 Å². The number of hydrogen-bond donors (Lipinski definition) is 0. The summed E-state index contributed by atoms with van der Waals surface area (Å²) < 4.78 is 0. The van der Waals surface area contributed by atoms with Gasteiger partial charge in [0, 0.05) is 19.3 Å². The molecule has 0 fully saturated rings. The van der Waals surface area contributed by atoms with Crippen LogP contribution in [0.1, 0.15) is 18.9 Å². The van der Waals surface area contributed by atoms with Gasteiger partial charge in [0.15, 0.2) is 0 Å². The van der Waals surface area contributed by atoms with Crippen LogP contribution in [-0.4, -0.2) is 13.6 Å². The summed E-state index contributed by atoms with van der Waals surface area (Å²) >= 11 is 0. The van der Waals surface area contributed by atoms with Crippen molar-refractivity contribution in [1.29, 1.82) is 0 Å². The molecule has 2 rings (SSSR count). The van der Waals surface area contributed by atoms with Crippen molar-refractivity contribution >= 4 is 5.69 Å². The van der Waals surface area contributed by atoms with Crippen molar-refractivity contribution in [2.75, 3.05) is 18.5 Å². The zero-order chi connectivity index (χ0) is 9.26. The molecular formula is C12H17N. The molecule has 0 saturated carbocycles. The monoisotopic (exact) mass is 175 g/mol. The van der Waals surface area contributed by atoms with Crippen LogP contribution in [0.2, 0.25) is 0 Å². The molecule has 0 unspecified atom stereocenters. The lowest BCUT2D eigenvalue weighted by Crippen LogP contribution is -2.31. The maximum atomic E-state index is 2.38. The fourth-order valence-electron chi connectivity index (χ4n) is 2.19. The Morgan fingerprint density at radius 2 is 2.15 bits per heavy atom. The third kappa shape index (κ3) is 1.55. The van der Waals surface area contributed by atoms with Crippen LogP contribution in [0.5, 0.6) is 0 Å². The summed E-state index contributed by atoms with van der Waals surface area (Å²) in [5.74, 6) is 0.847. The number of benzene rings is 1. The van der Waals surface area contributed by atoms with Gasteiger partial charge < -0.3 is 4.90 Å². The average molecular weight is 175 g/mol. The van der Waals surface area contributed by atoms with Gasteiger partial charge in [-0.1, -0.05) is 31.5 Å². The molecule has 1 aromatic rings. The molecule has 1 atom stereocenters. The van der Waals surface area contributed by atoms with E-state index >= 15 is 0 Å². The maximum Gasteiger partial charge on any atom is 0.0396 e. The molecule has 13 heavy (non-hydrogen) atoms. The fraction of sp³-hybridized carbons (Fsp3) is 0.500. The van der Waals surface area contributed by atoms with Crippen molar-refractivity contribution in [3.63, 3.8) is 0 Å². The zero-order valence-electron chi connectivity index (χ0n) is 8.46. The predicted molar refractivity (Wildman–Crippen MR) is 57.2 cm³/mol. The van der Waals surface area contributed by atoms with Crippen LogP contribution in [-0.2, 0) is 6.42 Å². The van der Waals surface area contributed by atoms with Gasteiger partial charge in [-0.05, 0) is 24.0 Å². The number of rotatable bonds is 1. The quantitative estimate of drug-likeness (QED) is 0.634. The Hall–Kier alpha value is -0.980. The normalized spacial score (nSPS) is 21.4. The van der Waals surface area contributed by atoms with Crippen LogP contribution in [0, 0.1) is 5.92 Å². The molecule has 0 amide bonds. The molecule has 70 valence electrons. The van der Waals surface area contributed by atoms with Crippen LogP contribution in [0.25, 0.3) is 0 Å². The van der Waals surface area contributed by atoms with Crippen molar-refractivity contribution < 1.29 is 0 Å². The second-order valence-electron chi connectivity index (χ2n) is 3.99. The lowest BCUT2D eigenvalue weighted by Gasteiger charge is -2.32. The second kappa shape index (κ2) is 3.41. The van der Waals surface area contributed by atoms with Crippen molar-refractivity contribution in [2.24, 2.45) is 5.92 Å². The summed E-state index contributed by atoms with van der Waals surface area (Å²) in [5, 5.41) is 0. The molecule has 1 aromatic carbocycles. The maximum absolute atomic E-state index is 2.38. The van der Waals surface area contributed by atoms with Gasteiger partial charge in [-0.3, -0.25) is 0 Å². The Morgan fingerprint density at radius 1 is 1.38 bits per heavy atom. The van der Waals surface area contributed by atoms with E-state index in [1.807, 2.05) is 0 Å². The summed E-state index contributed by atoms with van der Waals surface area (Å²) in [4.78, 5) is 2.38. The number of nitrogens with zero attached hydrogens (tertiary/aromatic N) is 1. The molecule has 1 heterocycles. The van der Waals surface area contributed by atoms with E-state index in [0.29, 0.717) is 0 Å². The molecule has 0 radical (unpaired) electrons. The molecule has 1 heteroatoms. The molecule has 0 aromatic heterocycles. The lowest BCUT2D eigenvalue weighted by atomic mass is 9.91. The fourth-order valence-corrected chi connectivity index (χ4v) is 2.19. The Morgan fingerprint density at radius 3 is 2.92 bits per heavy atom. The number of hydrogen-bond acceptors (Lipinski definition) is 1. The van der Waals surface area contributed by atoms with Crippen LogP contribution in [0.15, 0.2) is 24.3 Å². The molecule has 0 N–H and O–H groups in total. The molecule has 1 nitrogen and oxygen atoms in total.